The lowest BCUT2D eigenvalue weighted by Gasteiger charge is -1.96. The zero-order chi connectivity index (χ0) is 12.4. The third kappa shape index (κ3) is 2.80. The van der Waals surface area contributed by atoms with Gasteiger partial charge in [0.2, 0.25) is 5.89 Å². The van der Waals surface area contributed by atoms with Crippen LogP contribution in [-0.4, -0.2) is 4.98 Å². The van der Waals surface area contributed by atoms with E-state index in [0.29, 0.717) is 16.8 Å². The highest BCUT2D eigenvalue weighted by atomic mass is 35.5. The molecule has 19 heavy (non-hydrogen) atoms. The highest BCUT2D eigenvalue weighted by Gasteiger charge is 2.13. The summed E-state index contributed by atoms with van der Waals surface area (Å²) in [5, 5.41) is 0.389. The summed E-state index contributed by atoms with van der Waals surface area (Å²) in [4.78, 5) is 4.26. The molecular weight excluding hydrogens is 281 g/mol. The maximum atomic E-state index is 6.12. The van der Waals surface area contributed by atoms with Crippen molar-refractivity contribution in [2.24, 2.45) is 0 Å². The molecule has 2 aromatic carbocycles. The lowest BCUT2D eigenvalue weighted by molar-refractivity contribution is 0.589. The lowest BCUT2D eigenvalue weighted by Crippen LogP contribution is -1.74. The smallest absolute Gasteiger partial charge is 0.228 e. The van der Waals surface area contributed by atoms with E-state index in [1.165, 1.54) is 0 Å². The van der Waals surface area contributed by atoms with Crippen LogP contribution in [0, 0.1) is 0 Å². The van der Waals surface area contributed by atoms with Crippen LogP contribution in [0.2, 0.25) is 5.15 Å². The van der Waals surface area contributed by atoms with Crippen LogP contribution in [0.15, 0.2) is 65.1 Å². The third-order valence-corrected chi connectivity index (χ3v) is 2.90. The van der Waals surface area contributed by atoms with Crippen LogP contribution in [0.3, 0.4) is 0 Å². The zero-order valence-corrected chi connectivity index (χ0v) is 11.5. The summed E-state index contributed by atoms with van der Waals surface area (Å²) in [6.07, 6.45) is 0. The fourth-order valence-corrected chi connectivity index (χ4v) is 2.00. The molecule has 0 radical (unpaired) electrons. The first-order valence-electron chi connectivity index (χ1n) is 5.62. The molecule has 1 heterocycles. The lowest BCUT2D eigenvalue weighted by atomic mass is 10.2. The highest BCUT2D eigenvalue weighted by Crippen LogP contribution is 2.32. The van der Waals surface area contributed by atoms with Crippen molar-refractivity contribution in [3.8, 4) is 22.8 Å². The summed E-state index contributed by atoms with van der Waals surface area (Å²) >= 11 is 6.12. The topological polar surface area (TPSA) is 26.0 Å². The highest BCUT2D eigenvalue weighted by molar-refractivity contribution is 6.31. The number of aromatic nitrogens is 1. The van der Waals surface area contributed by atoms with E-state index in [0.717, 1.165) is 11.1 Å². The fourth-order valence-electron chi connectivity index (χ4n) is 1.77. The molecular formula is C15H11Cl2NO. The molecule has 2 nitrogen and oxygen atoms in total. The Morgan fingerprint density at radius 3 is 1.89 bits per heavy atom. The van der Waals surface area contributed by atoms with E-state index in [-0.39, 0.29) is 12.4 Å². The molecule has 0 bridgehead atoms. The summed E-state index contributed by atoms with van der Waals surface area (Å²) < 4.78 is 5.74. The molecule has 4 heteroatoms. The van der Waals surface area contributed by atoms with Crippen molar-refractivity contribution in [1.82, 2.24) is 4.98 Å². The predicted octanol–water partition coefficient (Wildman–Crippen LogP) is 5.08. The van der Waals surface area contributed by atoms with Gasteiger partial charge in [0, 0.05) is 11.1 Å². The van der Waals surface area contributed by atoms with Gasteiger partial charge in [-0.25, -0.2) is 0 Å². The van der Waals surface area contributed by atoms with Gasteiger partial charge in [0.15, 0.2) is 10.9 Å². The van der Waals surface area contributed by atoms with E-state index in [4.69, 9.17) is 16.0 Å². The third-order valence-electron chi connectivity index (χ3n) is 2.64. The van der Waals surface area contributed by atoms with Crippen molar-refractivity contribution in [3.05, 3.63) is 65.8 Å². The van der Waals surface area contributed by atoms with E-state index >= 15 is 0 Å². The van der Waals surface area contributed by atoms with Crippen molar-refractivity contribution in [3.63, 3.8) is 0 Å². The van der Waals surface area contributed by atoms with E-state index in [9.17, 15) is 0 Å². The first-order valence-corrected chi connectivity index (χ1v) is 5.99. The van der Waals surface area contributed by atoms with Crippen LogP contribution in [0.1, 0.15) is 0 Å². The quantitative estimate of drug-likeness (QED) is 0.658. The van der Waals surface area contributed by atoms with Crippen LogP contribution in [0.4, 0.5) is 0 Å². The van der Waals surface area contributed by atoms with Gasteiger partial charge in [-0.1, -0.05) is 60.1 Å². The number of hydrogen-bond donors (Lipinski definition) is 0. The molecule has 3 rings (SSSR count). The minimum atomic E-state index is 0. The number of oxazole rings is 1. The second-order valence-electron chi connectivity index (χ2n) is 3.87. The van der Waals surface area contributed by atoms with E-state index < -0.39 is 0 Å². The molecule has 0 amide bonds. The average Bonchev–Trinajstić information content (AvgIpc) is 2.83. The SMILES string of the molecule is Cl.Clc1nc(-c2ccccc2)oc1-c1ccccc1. The number of hydrogen-bond acceptors (Lipinski definition) is 2. The van der Waals surface area contributed by atoms with Gasteiger partial charge in [-0.3, -0.25) is 0 Å². The molecule has 0 saturated heterocycles. The minimum absolute atomic E-state index is 0. The first kappa shape index (κ1) is 13.7. The van der Waals surface area contributed by atoms with Gasteiger partial charge in [-0.15, -0.1) is 12.4 Å². The van der Waals surface area contributed by atoms with Crippen LogP contribution >= 0.6 is 24.0 Å². The van der Waals surface area contributed by atoms with Gasteiger partial charge in [0.1, 0.15) is 0 Å². The second kappa shape index (κ2) is 5.91. The number of rotatable bonds is 2. The maximum Gasteiger partial charge on any atom is 0.228 e. The Morgan fingerprint density at radius 2 is 1.32 bits per heavy atom. The molecule has 0 unspecified atom stereocenters. The van der Waals surface area contributed by atoms with Crippen molar-refractivity contribution in [1.29, 1.82) is 0 Å². The molecule has 0 saturated carbocycles. The summed E-state index contributed by atoms with van der Waals surface area (Å²) in [7, 11) is 0. The van der Waals surface area contributed by atoms with Crippen LogP contribution in [0.25, 0.3) is 22.8 Å². The Labute approximate surface area is 122 Å². The van der Waals surface area contributed by atoms with Gasteiger partial charge < -0.3 is 4.42 Å². The molecule has 0 fully saturated rings. The number of halogens is 2. The zero-order valence-electron chi connectivity index (χ0n) is 9.92. The first-order chi connectivity index (χ1) is 8.84. The Morgan fingerprint density at radius 1 is 0.789 bits per heavy atom. The van der Waals surface area contributed by atoms with Gasteiger partial charge >= 0.3 is 0 Å². The van der Waals surface area contributed by atoms with E-state index in [1.54, 1.807) is 0 Å². The Kier molecular flexibility index (Phi) is 4.25. The molecule has 0 aliphatic rings. The summed E-state index contributed by atoms with van der Waals surface area (Å²) in [6.45, 7) is 0. The predicted molar refractivity (Wildman–Crippen MR) is 79.6 cm³/mol. The van der Waals surface area contributed by atoms with Gasteiger partial charge in [0.05, 0.1) is 0 Å². The Balaban J connectivity index is 0.00000133. The molecule has 0 atom stereocenters. The number of nitrogens with zero attached hydrogens (tertiary/aromatic N) is 1. The monoisotopic (exact) mass is 291 g/mol. The van der Waals surface area contributed by atoms with Gasteiger partial charge in [0.25, 0.3) is 0 Å². The molecule has 1 aromatic heterocycles. The molecule has 96 valence electrons. The average molecular weight is 292 g/mol. The summed E-state index contributed by atoms with van der Waals surface area (Å²) in [5.74, 6) is 1.15. The van der Waals surface area contributed by atoms with Crippen molar-refractivity contribution >= 4 is 24.0 Å². The van der Waals surface area contributed by atoms with Gasteiger partial charge in [-0.05, 0) is 12.1 Å². The molecule has 3 aromatic rings. The van der Waals surface area contributed by atoms with Crippen molar-refractivity contribution in [2.75, 3.05) is 0 Å². The largest absolute Gasteiger partial charge is 0.434 e. The minimum Gasteiger partial charge on any atom is -0.434 e. The molecule has 0 aliphatic carbocycles. The normalized spacial score (nSPS) is 9.95. The Hall–Kier alpha value is -1.77. The summed E-state index contributed by atoms with van der Waals surface area (Å²) in [6, 6.07) is 19.4. The fraction of sp³-hybridized carbons (Fsp3) is 0. The van der Waals surface area contributed by atoms with E-state index in [1.807, 2.05) is 60.7 Å². The maximum absolute atomic E-state index is 6.12. The molecule has 0 spiro atoms. The van der Waals surface area contributed by atoms with Crippen LogP contribution in [0.5, 0.6) is 0 Å². The standard InChI is InChI=1S/C15H10ClNO.ClH/c16-14-13(11-7-3-1-4-8-11)18-15(17-14)12-9-5-2-6-10-12;/h1-10H;1H. The van der Waals surface area contributed by atoms with Crippen molar-refractivity contribution in [2.45, 2.75) is 0 Å². The number of benzene rings is 2. The van der Waals surface area contributed by atoms with Crippen LogP contribution < -0.4 is 0 Å². The van der Waals surface area contributed by atoms with Gasteiger partial charge in [-0.2, -0.15) is 4.98 Å². The van der Waals surface area contributed by atoms with Crippen LogP contribution in [-0.2, 0) is 0 Å². The molecule has 0 aliphatic heterocycles. The summed E-state index contributed by atoms with van der Waals surface area (Å²) in [5.41, 5.74) is 1.85. The molecule has 0 N–H and O–H groups in total. The van der Waals surface area contributed by atoms with Crippen molar-refractivity contribution < 1.29 is 4.42 Å². The second-order valence-corrected chi connectivity index (χ2v) is 4.23. The Bertz CT molecular complexity index is 650. The van der Waals surface area contributed by atoms with E-state index in [2.05, 4.69) is 4.98 Å².